The molecule has 0 aliphatic rings. The minimum absolute atomic E-state index is 0.0717. The molecule has 122 valence electrons. The van der Waals surface area contributed by atoms with Crippen LogP contribution in [-0.2, 0) is 11.3 Å². The Kier molecular flexibility index (Phi) is 5.50. The molecule has 1 unspecified atom stereocenters. The molecule has 0 heterocycles. The smallest absolute Gasteiger partial charge is 0.241 e. The van der Waals surface area contributed by atoms with Crippen LogP contribution in [0.15, 0.2) is 42.5 Å². The van der Waals surface area contributed by atoms with Crippen LogP contribution in [0.1, 0.15) is 23.6 Å². The van der Waals surface area contributed by atoms with Gasteiger partial charge >= 0.3 is 0 Å². The van der Waals surface area contributed by atoms with E-state index < -0.39 is 0 Å². The van der Waals surface area contributed by atoms with Crippen molar-refractivity contribution in [2.24, 2.45) is 0 Å². The number of aryl methyl sites for hydroxylation is 2. The van der Waals surface area contributed by atoms with Crippen LogP contribution in [0.25, 0.3) is 0 Å². The van der Waals surface area contributed by atoms with E-state index in [0.29, 0.717) is 6.54 Å². The largest absolute Gasteiger partial charge is 0.324 e. The summed E-state index contributed by atoms with van der Waals surface area (Å²) in [5, 5.41) is 2.97. The van der Waals surface area contributed by atoms with Crippen molar-refractivity contribution in [3.05, 3.63) is 65.0 Å². The molecule has 0 aliphatic carbocycles. The van der Waals surface area contributed by atoms with Crippen molar-refractivity contribution in [2.45, 2.75) is 33.4 Å². The van der Waals surface area contributed by atoms with E-state index in [0.717, 1.165) is 22.4 Å². The maximum atomic E-state index is 13.2. The molecule has 0 aromatic heterocycles. The number of benzene rings is 2. The van der Waals surface area contributed by atoms with E-state index in [1.165, 1.54) is 12.1 Å². The molecular weight excluding hydrogens is 291 g/mol. The van der Waals surface area contributed by atoms with E-state index >= 15 is 0 Å². The molecular formula is C19H23FN2O. The van der Waals surface area contributed by atoms with Gasteiger partial charge in [0.15, 0.2) is 0 Å². The Hall–Kier alpha value is -2.20. The first-order valence-electron chi connectivity index (χ1n) is 7.69. The molecule has 1 N–H and O–H groups in total. The number of nitrogens with zero attached hydrogens (tertiary/aromatic N) is 1. The van der Waals surface area contributed by atoms with E-state index in [2.05, 4.69) is 5.32 Å². The third-order valence-corrected chi connectivity index (χ3v) is 4.01. The summed E-state index contributed by atoms with van der Waals surface area (Å²) in [6, 6.07) is 12.1. The molecule has 4 heteroatoms. The van der Waals surface area contributed by atoms with Crippen molar-refractivity contribution in [1.82, 2.24) is 4.90 Å². The molecule has 1 amide bonds. The molecule has 2 rings (SSSR count). The highest BCUT2D eigenvalue weighted by Crippen LogP contribution is 2.17. The van der Waals surface area contributed by atoms with Gasteiger partial charge in [-0.1, -0.05) is 24.3 Å². The average molecular weight is 314 g/mol. The van der Waals surface area contributed by atoms with Gasteiger partial charge < -0.3 is 5.32 Å². The normalized spacial score (nSPS) is 12.3. The van der Waals surface area contributed by atoms with Gasteiger partial charge in [-0.2, -0.15) is 0 Å². The molecule has 1 atom stereocenters. The van der Waals surface area contributed by atoms with Gasteiger partial charge in [0.25, 0.3) is 0 Å². The van der Waals surface area contributed by atoms with Crippen molar-refractivity contribution in [3.63, 3.8) is 0 Å². The molecule has 0 bridgehead atoms. The lowest BCUT2D eigenvalue weighted by Crippen LogP contribution is -2.39. The molecule has 0 spiro atoms. The van der Waals surface area contributed by atoms with Crippen LogP contribution in [-0.4, -0.2) is 23.9 Å². The Labute approximate surface area is 137 Å². The fraction of sp³-hybridized carbons (Fsp3) is 0.316. The quantitative estimate of drug-likeness (QED) is 0.908. The van der Waals surface area contributed by atoms with Crippen molar-refractivity contribution >= 4 is 11.6 Å². The van der Waals surface area contributed by atoms with Crippen LogP contribution < -0.4 is 5.32 Å². The highest BCUT2D eigenvalue weighted by molar-refractivity contribution is 5.95. The zero-order chi connectivity index (χ0) is 17.0. The zero-order valence-corrected chi connectivity index (χ0v) is 14.1. The van der Waals surface area contributed by atoms with Crippen LogP contribution in [0.5, 0.6) is 0 Å². The third kappa shape index (κ3) is 4.63. The van der Waals surface area contributed by atoms with Gasteiger partial charge in [-0.05, 0) is 62.7 Å². The number of likely N-dealkylation sites (N-methyl/N-ethyl adjacent to an activating group) is 1. The van der Waals surface area contributed by atoms with Crippen LogP contribution in [0.2, 0.25) is 0 Å². The van der Waals surface area contributed by atoms with Crippen molar-refractivity contribution in [2.75, 3.05) is 12.4 Å². The van der Waals surface area contributed by atoms with Gasteiger partial charge in [-0.15, -0.1) is 0 Å². The summed E-state index contributed by atoms with van der Waals surface area (Å²) < 4.78 is 13.2. The number of hydrogen-bond acceptors (Lipinski definition) is 2. The highest BCUT2D eigenvalue weighted by Gasteiger charge is 2.19. The van der Waals surface area contributed by atoms with E-state index in [-0.39, 0.29) is 17.8 Å². The monoisotopic (exact) mass is 314 g/mol. The summed E-state index contributed by atoms with van der Waals surface area (Å²) in [5.41, 5.74) is 3.82. The SMILES string of the molecule is Cc1ccc(C)c(NC(=O)C(C)N(C)Cc2cccc(F)c2)c1. The summed E-state index contributed by atoms with van der Waals surface area (Å²) in [7, 11) is 1.86. The summed E-state index contributed by atoms with van der Waals surface area (Å²) in [4.78, 5) is 14.3. The number of amides is 1. The topological polar surface area (TPSA) is 32.3 Å². The fourth-order valence-electron chi connectivity index (χ4n) is 2.37. The molecule has 2 aromatic rings. The van der Waals surface area contributed by atoms with Gasteiger partial charge in [0.2, 0.25) is 5.91 Å². The number of nitrogens with one attached hydrogen (secondary N) is 1. The number of halogens is 1. The second-order valence-electron chi connectivity index (χ2n) is 6.03. The Morgan fingerprint density at radius 1 is 1.22 bits per heavy atom. The van der Waals surface area contributed by atoms with E-state index in [1.807, 2.05) is 57.0 Å². The van der Waals surface area contributed by atoms with Crippen molar-refractivity contribution < 1.29 is 9.18 Å². The predicted octanol–water partition coefficient (Wildman–Crippen LogP) is 3.90. The Morgan fingerprint density at radius 3 is 2.65 bits per heavy atom. The molecule has 0 saturated heterocycles. The zero-order valence-electron chi connectivity index (χ0n) is 14.1. The minimum atomic E-state index is -0.321. The number of anilines is 1. The standard InChI is InChI=1S/C19H23FN2O/c1-13-8-9-14(2)18(10-13)21-19(23)15(3)22(4)12-16-6-5-7-17(20)11-16/h5-11,15H,12H2,1-4H3,(H,21,23). The van der Waals surface area contributed by atoms with Gasteiger partial charge in [0.1, 0.15) is 5.82 Å². The van der Waals surface area contributed by atoms with Crippen molar-refractivity contribution in [3.8, 4) is 0 Å². The first-order valence-corrected chi connectivity index (χ1v) is 7.69. The number of rotatable bonds is 5. The Morgan fingerprint density at radius 2 is 1.96 bits per heavy atom. The van der Waals surface area contributed by atoms with Crippen LogP contribution >= 0.6 is 0 Å². The second-order valence-corrected chi connectivity index (χ2v) is 6.03. The molecule has 0 fully saturated rings. The number of carbonyl (C=O) groups is 1. The molecule has 23 heavy (non-hydrogen) atoms. The minimum Gasteiger partial charge on any atom is -0.324 e. The first-order chi connectivity index (χ1) is 10.9. The van der Waals surface area contributed by atoms with Crippen molar-refractivity contribution in [1.29, 1.82) is 0 Å². The van der Waals surface area contributed by atoms with E-state index in [9.17, 15) is 9.18 Å². The van der Waals surface area contributed by atoms with Gasteiger partial charge in [0.05, 0.1) is 6.04 Å². The van der Waals surface area contributed by atoms with E-state index in [1.54, 1.807) is 6.07 Å². The Bertz CT molecular complexity index is 700. The summed E-state index contributed by atoms with van der Waals surface area (Å²) in [6.45, 7) is 6.32. The third-order valence-electron chi connectivity index (χ3n) is 4.01. The number of hydrogen-bond donors (Lipinski definition) is 1. The first kappa shape index (κ1) is 17.2. The fourth-order valence-corrected chi connectivity index (χ4v) is 2.37. The van der Waals surface area contributed by atoms with E-state index in [4.69, 9.17) is 0 Å². The predicted molar refractivity (Wildman–Crippen MR) is 91.9 cm³/mol. The maximum absolute atomic E-state index is 13.2. The van der Waals surface area contributed by atoms with Gasteiger partial charge in [0, 0.05) is 12.2 Å². The molecule has 0 radical (unpaired) electrons. The lowest BCUT2D eigenvalue weighted by atomic mass is 10.1. The maximum Gasteiger partial charge on any atom is 0.241 e. The van der Waals surface area contributed by atoms with Crippen LogP contribution in [0.3, 0.4) is 0 Å². The highest BCUT2D eigenvalue weighted by atomic mass is 19.1. The van der Waals surface area contributed by atoms with Crippen LogP contribution in [0.4, 0.5) is 10.1 Å². The molecule has 0 saturated carbocycles. The summed E-state index contributed by atoms with van der Waals surface area (Å²) in [6.07, 6.45) is 0. The molecule has 3 nitrogen and oxygen atoms in total. The Balaban J connectivity index is 2.02. The lowest BCUT2D eigenvalue weighted by molar-refractivity contribution is -0.120. The lowest BCUT2D eigenvalue weighted by Gasteiger charge is -2.24. The second kappa shape index (κ2) is 7.38. The summed E-state index contributed by atoms with van der Waals surface area (Å²) >= 11 is 0. The van der Waals surface area contributed by atoms with Gasteiger partial charge in [-0.25, -0.2) is 4.39 Å². The van der Waals surface area contributed by atoms with Gasteiger partial charge in [-0.3, -0.25) is 9.69 Å². The average Bonchev–Trinajstić information content (AvgIpc) is 2.50. The molecule has 0 aliphatic heterocycles. The molecule has 2 aromatic carbocycles. The number of carbonyl (C=O) groups excluding carboxylic acids is 1. The van der Waals surface area contributed by atoms with Crippen LogP contribution in [0, 0.1) is 19.7 Å². The summed E-state index contributed by atoms with van der Waals surface area (Å²) in [5.74, 6) is -0.332.